The van der Waals surface area contributed by atoms with Gasteiger partial charge in [-0.3, -0.25) is 0 Å². The van der Waals surface area contributed by atoms with E-state index in [1.165, 1.54) is 11.3 Å². The smallest absolute Gasteiger partial charge is 0.119 e. The van der Waals surface area contributed by atoms with Gasteiger partial charge in [-0.25, -0.2) is 4.98 Å². The van der Waals surface area contributed by atoms with Crippen LogP contribution < -0.4 is 10.5 Å². The van der Waals surface area contributed by atoms with E-state index in [0.717, 1.165) is 28.6 Å². The number of hydrogen-bond acceptors (Lipinski definition) is 4. The van der Waals surface area contributed by atoms with Crippen molar-refractivity contribution in [1.29, 1.82) is 0 Å². The highest BCUT2D eigenvalue weighted by Gasteiger charge is 2.05. The fourth-order valence-electron chi connectivity index (χ4n) is 1.44. The average molecular weight is 248 g/mol. The van der Waals surface area contributed by atoms with Gasteiger partial charge in [-0.15, -0.1) is 11.3 Å². The van der Waals surface area contributed by atoms with E-state index in [1.54, 1.807) is 5.51 Å². The molecule has 0 spiro atoms. The highest BCUT2D eigenvalue weighted by molar-refractivity contribution is 7.14. The molecule has 17 heavy (non-hydrogen) atoms. The lowest BCUT2D eigenvalue weighted by Crippen LogP contribution is -2.04. The van der Waals surface area contributed by atoms with Gasteiger partial charge in [0.1, 0.15) is 16.4 Å². The molecular formula is C13H16N2OS. The van der Waals surface area contributed by atoms with Crippen LogP contribution in [0.1, 0.15) is 13.8 Å². The first-order valence-corrected chi connectivity index (χ1v) is 6.47. The maximum atomic E-state index is 5.83. The zero-order valence-electron chi connectivity index (χ0n) is 10.0. The maximum absolute atomic E-state index is 5.83. The molecule has 1 aromatic heterocycles. The summed E-state index contributed by atoms with van der Waals surface area (Å²) < 4.78 is 5.62. The Balaban J connectivity index is 2.11. The second-order valence-corrected chi connectivity index (χ2v) is 5.18. The van der Waals surface area contributed by atoms with Crippen LogP contribution in [0, 0.1) is 5.92 Å². The lowest BCUT2D eigenvalue weighted by atomic mass is 10.1. The minimum atomic E-state index is 0.531. The van der Waals surface area contributed by atoms with Crippen molar-refractivity contribution in [2.24, 2.45) is 5.92 Å². The summed E-state index contributed by atoms with van der Waals surface area (Å²) in [7, 11) is 0. The number of ether oxygens (including phenoxy) is 1. The minimum absolute atomic E-state index is 0.531. The third-order valence-electron chi connectivity index (χ3n) is 2.31. The summed E-state index contributed by atoms with van der Waals surface area (Å²) in [6, 6.07) is 7.88. The number of aromatic nitrogens is 1. The molecule has 0 saturated heterocycles. The van der Waals surface area contributed by atoms with Crippen molar-refractivity contribution in [3.05, 3.63) is 29.8 Å². The van der Waals surface area contributed by atoms with Crippen molar-refractivity contribution in [1.82, 2.24) is 4.98 Å². The minimum Gasteiger partial charge on any atom is -0.493 e. The van der Waals surface area contributed by atoms with Gasteiger partial charge in [-0.1, -0.05) is 13.8 Å². The predicted octanol–water partition coefficient (Wildman–Crippen LogP) is 3.43. The van der Waals surface area contributed by atoms with E-state index in [2.05, 4.69) is 18.8 Å². The summed E-state index contributed by atoms with van der Waals surface area (Å²) in [4.78, 5) is 4.24. The van der Waals surface area contributed by atoms with Crippen LogP contribution in [0.25, 0.3) is 11.3 Å². The SMILES string of the molecule is CC(C)COc1ccc(-c2ncsc2N)cc1. The predicted molar refractivity (Wildman–Crippen MR) is 72.3 cm³/mol. The standard InChI is InChI=1S/C13H16N2OS/c1-9(2)7-16-11-5-3-10(4-6-11)12-13(14)17-8-15-12/h3-6,8-9H,7,14H2,1-2H3. The molecule has 0 aliphatic rings. The van der Waals surface area contributed by atoms with Gasteiger partial charge in [-0.2, -0.15) is 0 Å². The molecule has 2 N–H and O–H groups in total. The van der Waals surface area contributed by atoms with Crippen LogP contribution >= 0.6 is 11.3 Å². The summed E-state index contributed by atoms with van der Waals surface area (Å²) in [5, 5.41) is 0.751. The first-order valence-electron chi connectivity index (χ1n) is 5.59. The van der Waals surface area contributed by atoms with Gasteiger partial charge in [0.15, 0.2) is 0 Å². The third-order valence-corrected chi connectivity index (χ3v) is 2.96. The Morgan fingerprint density at radius 1 is 1.29 bits per heavy atom. The van der Waals surface area contributed by atoms with Crippen molar-refractivity contribution >= 4 is 16.3 Å². The fraction of sp³-hybridized carbons (Fsp3) is 0.308. The fourth-order valence-corrected chi connectivity index (χ4v) is 2.00. The number of rotatable bonds is 4. The Morgan fingerprint density at radius 3 is 2.53 bits per heavy atom. The molecule has 2 aromatic rings. The van der Waals surface area contributed by atoms with Crippen LogP contribution in [-0.4, -0.2) is 11.6 Å². The summed E-state index contributed by atoms with van der Waals surface area (Å²) in [5.41, 5.74) is 9.47. The molecule has 0 bridgehead atoms. The molecule has 1 heterocycles. The summed E-state index contributed by atoms with van der Waals surface area (Å²) in [5.74, 6) is 1.42. The Bertz CT molecular complexity index is 476. The number of nitrogens with two attached hydrogens (primary N) is 1. The number of benzene rings is 1. The van der Waals surface area contributed by atoms with Crippen LogP contribution in [0.2, 0.25) is 0 Å². The van der Waals surface area contributed by atoms with Gasteiger partial charge in [0, 0.05) is 5.56 Å². The molecule has 2 rings (SSSR count). The van der Waals surface area contributed by atoms with E-state index in [4.69, 9.17) is 10.5 Å². The molecule has 0 aliphatic carbocycles. The third kappa shape index (κ3) is 2.97. The van der Waals surface area contributed by atoms with Crippen LogP contribution in [-0.2, 0) is 0 Å². The van der Waals surface area contributed by atoms with E-state index in [9.17, 15) is 0 Å². The Labute approximate surface area is 105 Å². The summed E-state index contributed by atoms with van der Waals surface area (Å²) in [6.45, 7) is 4.99. The van der Waals surface area contributed by atoms with Gasteiger partial charge in [-0.05, 0) is 30.2 Å². The molecule has 0 aliphatic heterocycles. The van der Waals surface area contributed by atoms with Crippen LogP contribution in [0.15, 0.2) is 29.8 Å². The Morgan fingerprint density at radius 2 is 2.00 bits per heavy atom. The number of anilines is 1. The number of nitrogens with zero attached hydrogens (tertiary/aromatic N) is 1. The molecule has 0 atom stereocenters. The molecule has 0 amide bonds. The van der Waals surface area contributed by atoms with Crippen molar-refractivity contribution in [3.8, 4) is 17.0 Å². The van der Waals surface area contributed by atoms with Gasteiger partial charge in [0.05, 0.1) is 12.1 Å². The van der Waals surface area contributed by atoms with E-state index in [1.807, 2.05) is 24.3 Å². The quantitative estimate of drug-likeness (QED) is 0.901. The molecule has 0 unspecified atom stereocenters. The highest BCUT2D eigenvalue weighted by Crippen LogP contribution is 2.28. The largest absolute Gasteiger partial charge is 0.493 e. The second-order valence-electron chi connectivity index (χ2n) is 4.29. The Hall–Kier alpha value is -1.55. The zero-order valence-corrected chi connectivity index (χ0v) is 10.8. The van der Waals surface area contributed by atoms with Gasteiger partial charge in [0.25, 0.3) is 0 Å². The normalized spacial score (nSPS) is 10.8. The van der Waals surface area contributed by atoms with E-state index in [0.29, 0.717) is 5.92 Å². The van der Waals surface area contributed by atoms with Crippen LogP contribution in [0.3, 0.4) is 0 Å². The van der Waals surface area contributed by atoms with E-state index < -0.39 is 0 Å². The number of nitrogen functional groups attached to an aromatic ring is 1. The van der Waals surface area contributed by atoms with Crippen molar-refractivity contribution < 1.29 is 4.74 Å². The average Bonchev–Trinajstić information content (AvgIpc) is 2.73. The van der Waals surface area contributed by atoms with Crippen molar-refractivity contribution in [3.63, 3.8) is 0 Å². The lowest BCUT2D eigenvalue weighted by Gasteiger charge is -2.08. The zero-order chi connectivity index (χ0) is 12.3. The van der Waals surface area contributed by atoms with Crippen LogP contribution in [0.5, 0.6) is 5.75 Å². The molecular weight excluding hydrogens is 232 g/mol. The van der Waals surface area contributed by atoms with Crippen molar-refractivity contribution in [2.75, 3.05) is 12.3 Å². The first-order chi connectivity index (χ1) is 8.16. The summed E-state index contributed by atoms with van der Waals surface area (Å²) >= 11 is 1.45. The van der Waals surface area contributed by atoms with Crippen molar-refractivity contribution in [2.45, 2.75) is 13.8 Å². The monoisotopic (exact) mass is 248 g/mol. The topological polar surface area (TPSA) is 48.1 Å². The molecule has 0 fully saturated rings. The Kier molecular flexibility index (Phi) is 3.64. The second kappa shape index (κ2) is 5.19. The highest BCUT2D eigenvalue weighted by atomic mass is 32.1. The first kappa shape index (κ1) is 11.9. The van der Waals surface area contributed by atoms with Crippen LogP contribution in [0.4, 0.5) is 5.00 Å². The lowest BCUT2D eigenvalue weighted by molar-refractivity contribution is 0.271. The van der Waals surface area contributed by atoms with Gasteiger partial charge >= 0.3 is 0 Å². The van der Waals surface area contributed by atoms with E-state index in [-0.39, 0.29) is 0 Å². The molecule has 0 saturated carbocycles. The molecule has 3 nitrogen and oxygen atoms in total. The van der Waals surface area contributed by atoms with Gasteiger partial charge in [0.2, 0.25) is 0 Å². The molecule has 0 radical (unpaired) electrons. The number of thiazole rings is 1. The number of hydrogen-bond donors (Lipinski definition) is 1. The summed E-state index contributed by atoms with van der Waals surface area (Å²) in [6.07, 6.45) is 0. The molecule has 1 aromatic carbocycles. The van der Waals surface area contributed by atoms with E-state index >= 15 is 0 Å². The molecule has 90 valence electrons. The molecule has 4 heteroatoms. The maximum Gasteiger partial charge on any atom is 0.119 e. The van der Waals surface area contributed by atoms with Gasteiger partial charge < -0.3 is 10.5 Å².